The summed E-state index contributed by atoms with van der Waals surface area (Å²) >= 11 is 5.95. The van der Waals surface area contributed by atoms with Gasteiger partial charge in [0.15, 0.2) is 5.75 Å². The summed E-state index contributed by atoms with van der Waals surface area (Å²) in [6.07, 6.45) is 1.31. The molecule has 0 aliphatic carbocycles. The number of ether oxygens (including phenoxy) is 1. The predicted molar refractivity (Wildman–Crippen MR) is 104 cm³/mol. The molecule has 0 bridgehead atoms. The zero-order valence-electron chi connectivity index (χ0n) is 15.0. The number of aliphatic hydroxyl groups is 1. The van der Waals surface area contributed by atoms with Crippen molar-refractivity contribution >= 4 is 17.3 Å². The molecule has 144 valence electrons. The fourth-order valence-electron chi connectivity index (χ4n) is 3.33. The third kappa shape index (κ3) is 5.42. The van der Waals surface area contributed by atoms with Crippen LogP contribution in [0.15, 0.2) is 48.5 Å². The molecular weight excluding hydrogens is 368 g/mol. The number of hydrogen-bond donors (Lipinski definition) is 1. The third-order valence-electron chi connectivity index (χ3n) is 4.76. The summed E-state index contributed by atoms with van der Waals surface area (Å²) in [6, 6.07) is 13.6. The molecule has 0 radical (unpaired) electrons. The number of nitro benzene ring substituents is 1. The van der Waals surface area contributed by atoms with Crippen molar-refractivity contribution in [3.63, 3.8) is 0 Å². The lowest BCUT2D eigenvalue weighted by molar-refractivity contribution is -0.386. The smallest absolute Gasteiger partial charge is 0.310 e. The van der Waals surface area contributed by atoms with E-state index in [-0.39, 0.29) is 11.4 Å². The Morgan fingerprint density at radius 1 is 1.15 bits per heavy atom. The van der Waals surface area contributed by atoms with Crippen LogP contribution in [0.3, 0.4) is 0 Å². The van der Waals surface area contributed by atoms with Gasteiger partial charge >= 0.3 is 5.69 Å². The quantitative estimate of drug-likeness (QED) is 0.549. The summed E-state index contributed by atoms with van der Waals surface area (Å²) in [7, 11) is 0. The van der Waals surface area contributed by atoms with Crippen LogP contribution in [0.1, 0.15) is 18.4 Å². The van der Waals surface area contributed by atoms with Crippen molar-refractivity contribution in [3.05, 3.63) is 69.2 Å². The minimum Gasteiger partial charge on any atom is -0.480 e. The van der Waals surface area contributed by atoms with Gasteiger partial charge in [0.1, 0.15) is 12.2 Å². The molecule has 0 saturated carbocycles. The van der Waals surface area contributed by atoms with Crippen molar-refractivity contribution in [1.29, 1.82) is 0 Å². The highest BCUT2D eigenvalue weighted by Gasteiger charge is 2.27. The van der Waals surface area contributed by atoms with E-state index >= 15 is 0 Å². The number of nitro groups is 1. The van der Waals surface area contributed by atoms with Gasteiger partial charge in [-0.2, -0.15) is 0 Å². The molecular formula is C20H23ClN2O4. The largest absolute Gasteiger partial charge is 0.480 e. The lowest BCUT2D eigenvalue weighted by atomic mass is 10.0. The highest BCUT2D eigenvalue weighted by atomic mass is 35.5. The maximum atomic E-state index is 11.3. The second kappa shape index (κ2) is 9.17. The van der Waals surface area contributed by atoms with Gasteiger partial charge in [0.05, 0.1) is 4.92 Å². The predicted octanol–water partition coefficient (Wildman–Crippen LogP) is 3.70. The van der Waals surface area contributed by atoms with Crippen LogP contribution in [0.4, 0.5) is 5.69 Å². The summed E-state index contributed by atoms with van der Waals surface area (Å²) in [5, 5.41) is 22.7. The van der Waals surface area contributed by atoms with Crippen molar-refractivity contribution in [3.8, 4) is 5.75 Å². The zero-order valence-corrected chi connectivity index (χ0v) is 15.7. The molecule has 1 fully saturated rings. The zero-order chi connectivity index (χ0) is 19.2. The lowest BCUT2D eigenvalue weighted by Crippen LogP contribution is -2.42. The third-order valence-corrected chi connectivity index (χ3v) is 5.02. The van der Waals surface area contributed by atoms with E-state index in [0.29, 0.717) is 18.0 Å². The highest BCUT2D eigenvalue weighted by Crippen LogP contribution is 2.28. The fourth-order valence-corrected chi connectivity index (χ4v) is 3.45. The number of likely N-dealkylation sites (tertiary alicyclic amines) is 1. The molecule has 1 aliphatic rings. The normalized spacial score (nSPS) is 16.8. The topological polar surface area (TPSA) is 75.8 Å². The summed E-state index contributed by atoms with van der Waals surface area (Å²) < 4.78 is 5.96. The average molecular weight is 391 g/mol. The van der Waals surface area contributed by atoms with E-state index in [2.05, 4.69) is 4.90 Å². The maximum Gasteiger partial charge on any atom is 0.310 e. The van der Waals surface area contributed by atoms with Gasteiger partial charge in [-0.3, -0.25) is 10.1 Å². The number of halogens is 1. The van der Waals surface area contributed by atoms with Crippen molar-refractivity contribution in [1.82, 2.24) is 4.90 Å². The van der Waals surface area contributed by atoms with Crippen molar-refractivity contribution in [2.24, 2.45) is 0 Å². The van der Waals surface area contributed by atoms with Gasteiger partial charge in [-0.05, 0) is 49.7 Å². The van der Waals surface area contributed by atoms with E-state index < -0.39 is 17.1 Å². The molecule has 3 rings (SSSR count). The number of nitrogens with zero attached hydrogens (tertiary/aromatic N) is 2. The number of aliphatic hydroxyl groups excluding tert-OH is 1. The molecule has 27 heavy (non-hydrogen) atoms. The molecule has 0 spiro atoms. The Morgan fingerprint density at radius 2 is 1.81 bits per heavy atom. The monoisotopic (exact) mass is 390 g/mol. The second-order valence-electron chi connectivity index (χ2n) is 6.79. The molecule has 6 nitrogen and oxygen atoms in total. The first kappa shape index (κ1) is 19.6. The van der Waals surface area contributed by atoms with E-state index in [1.54, 1.807) is 30.3 Å². The fraction of sp³-hybridized carbons (Fsp3) is 0.400. The molecule has 0 amide bonds. The summed E-state index contributed by atoms with van der Waals surface area (Å²) in [6.45, 7) is 2.39. The van der Waals surface area contributed by atoms with Crippen LogP contribution < -0.4 is 4.74 Å². The second-order valence-corrected chi connectivity index (χ2v) is 7.22. The number of para-hydroxylation sites is 2. The Bertz CT molecular complexity index is 763. The molecule has 2 aromatic carbocycles. The van der Waals surface area contributed by atoms with Gasteiger partial charge in [0, 0.05) is 24.1 Å². The van der Waals surface area contributed by atoms with Gasteiger partial charge < -0.3 is 14.7 Å². The van der Waals surface area contributed by atoms with Crippen LogP contribution in [0.2, 0.25) is 5.02 Å². The van der Waals surface area contributed by atoms with E-state index in [0.717, 1.165) is 31.5 Å². The molecule has 0 aromatic heterocycles. The van der Waals surface area contributed by atoms with E-state index in [4.69, 9.17) is 16.3 Å². The van der Waals surface area contributed by atoms with Crippen molar-refractivity contribution in [2.75, 3.05) is 19.6 Å². The summed E-state index contributed by atoms with van der Waals surface area (Å²) in [4.78, 5) is 13.0. The Kier molecular flexibility index (Phi) is 6.66. The Labute approximate surface area is 163 Å². The Hall–Kier alpha value is -2.15. The van der Waals surface area contributed by atoms with Gasteiger partial charge in [-0.25, -0.2) is 0 Å². The highest BCUT2D eigenvalue weighted by molar-refractivity contribution is 6.30. The molecule has 2 atom stereocenters. The van der Waals surface area contributed by atoms with Crippen LogP contribution in [-0.4, -0.2) is 46.8 Å². The average Bonchev–Trinajstić information content (AvgIpc) is 3.16. The molecule has 7 heteroatoms. The maximum absolute atomic E-state index is 11.3. The molecule has 1 aliphatic heterocycles. The van der Waals surface area contributed by atoms with E-state index in [1.165, 1.54) is 6.07 Å². The van der Waals surface area contributed by atoms with Crippen LogP contribution in [0.5, 0.6) is 5.75 Å². The van der Waals surface area contributed by atoms with Crippen LogP contribution >= 0.6 is 11.6 Å². The van der Waals surface area contributed by atoms with Crippen LogP contribution in [-0.2, 0) is 6.42 Å². The first-order valence-electron chi connectivity index (χ1n) is 9.08. The Morgan fingerprint density at radius 3 is 2.48 bits per heavy atom. The van der Waals surface area contributed by atoms with Gasteiger partial charge in [0.25, 0.3) is 0 Å². The molecule has 1 saturated heterocycles. The van der Waals surface area contributed by atoms with Crippen molar-refractivity contribution in [2.45, 2.75) is 31.5 Å². The number of β-amino-alcohol motifs (C(OH)–C–C–N with tert-alkyl or cyclic N) is 1. The standard InChI is InChI=1S/C20H23ClN2O4/c21-16-9-7-15(8-10-16)13-20(18(24)14-22-11-3-4-12-22)27-19-6-2-1-5-17(19)23(25)26/h1-2,5-10,18,20,24H,3-4,11-14H2. The van der Waals surface area contributed by atoms with Crippen molar-refractivity contribution < 1.29 is 14.8 Å². The molecule has 1 heterocycles. The first-order valence-corrected chi connectivity index (χ1v) is 9.45. The molecule has 2 aromatic rings. The molecule has 2 unspecified atom stereocenters. The van der Waals surface area contributed by atoms with E-state index in [9.17, 15) is 15.2 Å². The van der Waals surface area contributed by atoms with Crippen LogP contribution in [0.25, 0.3) is 0 Å². The SMILES string of the molecule is O=[N+]([O-])c1ccccc1OC(Cc1ccc(Cl)cc1)C(O)CN1CCCC1. The van der Waals surface area contributed by atoms with Gasteiger partial charge in [-0.15, -0.1) is 0 Å². The minimum absolute atomic E-state index is 0.105. The minimum atomic E-state index is -0.765. The Balaban J connectivity index is 1.79. The number of benzene rings is 2. The number of rotatable bonds is 8. The van der Waals surface area contributed by atoms with E-state index in [1.807, 2.05) is 12.1 Å². The molecule has 1 N–H and O–H groups in total. The summed E-state index contributed by atoms with van der Waals surface area (Å²) in [5.41, 5.74) is 0.843. The van der Waals surface area contributed by atoms with Gasteiger partial charge in [0.2, 0.25) is 0 Å². The summed E-state index contributed by atoms with van der Waals surface area (Å²) in [5.74, 6) is 0.168. The van der Waals surface area contributed by atoms with Crippen LogP contribution in [0, 0.1) is 10.1 Å². The number of hydrogen-bond acceptors (Lipinski definition) is 5. The van der Waals surface area contributed by atoms with Gasteiger partial charge in [-0.1, -0.05) is 35.9 Å². The first-order chi connectivity index (χ1) is 13.0. The lowest BCUT2D eigenvalue weighted by Gasteiger charge is -2.27.